The van der Waals surface area contributed by atoms with Gasteiger partial charge in [-0.05, 0) is 19.4 Å². The van der Waals surface area contributed by atoms with Gasteiger partial charge >= 0.3 is 0 Å². The lowest BCUT2D eigenvalue weighted by atomic mass is 10.00. The molecular weight excluding hydrogens is 214 g/mol. The van der Waals surface area contributed by atoms with E-state index in [1.54, 1.807) is 0 Å². The van der Waals surface area contributed by atoms with Gasteiger partial charge in [0.2, 0.25) is 0 Å². The molecule has 0 aromatic heterocycles. The van der Waals surface area contributed by atoms with Gasteiger partial charge in [0.05, 0.1) is 6.54 Å². The van der Waals surface area contributed by atoms with E-state index in [2.05, 4.69) is 36.0 Å². The lowest BCUT2D eigenvalue weighted by Crippen LogP contribution is -2.40. The third-order valence-corrected chi connectivity index (χ3v) is 3.79. The second-order valence-corrected chi connectivity index (χ2v) is 10.3. The zero-order valence-electron chi connectivity index (χ0n) is 10.8. The Bertz CT molecular complexity index is 285. The first kappa shape index (κ1) is 13.5. The van der Waals surface area contributed by atoms with Gasteiger partial charge < -0.3 is 4.79 Å². The topological polar surface area (TPSA) is 20.3 Å². The Morgan fingerprint density at radius 1 is 1.38 bits per heavy atom. The fourth-order valence-electron chi connectivity index (χ4n) is 2.05. The largest absolute Gasteiger partial charge is 0.303 e. The highest BCUT2D eigenvalue weighted by molar-refractivity contribution is 6.83. The van der Waals surface area contributed by atoms with Crippen molar-refractivity contribution in [3.63, 3.8) is 0 Å². The summed E-state index contributed by atoms with van der Waals surface area (Å²) in [5.41, 5.74) is 3.39. The van der Waals surface area contributed by atoms with Crippen molar-refractivity contribution in [2.24, 2.45) is 0 Å². The molecule has 3 heteroatoms. The molecule has 2 nitrogen and oxygen atoms in total. The summed E-state index contributed by atoms with van der Waals surface area (Å²) < 4.78 is 0. The second-order valence-electron chi connectivity index (χ2n) is 5.57. The van der Waals surface area contributed by atoms with Gasteiger partial charge in [-0.15, -0.1) is 5.54 Å². The van der Waals surface area contributed by atoms with E-state index in [0.29, 0.717) is 12.5 Å². The zero-order valence-corrected chi connectivity index (χ0v) is 11.8. The van der Waals surface area contributed by atoms with Gasteiger partial charge in [-0.2, -0.15) is 0 Å². The number of aldehydes is 1. The molecule has 0 radical (unpaired) electrons. The maximum absolute atomic E-state index is 10.6. The second kappa shape index (κ2) is 6.22. The minimum atomic E-state index is -1.24. The van der Waals surface area contributed by atoms with Crippen molar-refractivity contribution >= 4 is 14.4 Å². The monoisotopic (exact) mass is 237 g/mol. The molecule has 1 saturated heterocycles. The Kier molecular flexibility index (Phi) is 5.24. The Morgan fingerprint density at radius 2 is 2.12 bits per heavy atom. The third-order valence-electron chi connectivity index (χ3n) is 2.86. The summed E-state index contributed by atoms with van der Waals surface area (Å²) in [6, 6.07) is 0.446. The molecule has 1 unspecified atom stereocenters. The third kappa shape index (κ3) is 4.96. The predicted octanol–water partition coefficient (Wildman–Crippen LogP) is 2.31. The van der Waals surface area contributed by atoms with Crippen molar-refractivity contribution in [1.29, 1.82) is 0 Å². The van der Waals surface area contributed by atoms with E-state index >= 15 is 0 Å². The van der Waals surface area contributed by atoms with Crippen LogP contribution >= 0.6 is 0 Å². The van der Waals surface area contributed by atoms with Crippen LogP contribution in [-0.4, -0.2) is 38.4 Å². The molecule has 0 aliphatic carbocycles. The fraction of sp³-hybridized carbons (Fsp3) is 0.769. The van der Waals surface area contributed by atoms with E-state index in [0.717, 1.165) is 25.8 Å². The highest BCUT2D eigenvalue weighted by Gasteiger charge is 2.20. The average Bonchev–Trinajstić information content (AvgIpc) is 2.19. The van der Waals surface area contributed by atoms with Crippen molar-refractivity contribution in [2.75, 3.05) is 13.1 Å². The number of piperidine rings is 1. The molecule has 1 atom stereocenters. The van der Waals surface area contributed by atoms with Crippen molar-refractivity contribution in [1.82, 2.24) is 4.90 Å². The van der Waals surface area contributed by atoms with E-state index in [1.807, 2.05) is 0 Å². The number of nitrogens with zero attached hydrogens (tertiary/aromatic N) is 1. The van der Waals surface area contributed by atoms with Gasteiger partial charge in [-0.1, -0.05) is 32.0 Å². The molecule has 0 aromatic rings. The normalized spacial score (nSPS) is 22.3. The van der Waals surface area contributed by atoms with Crippen molar-refractivity contribution in [3.05, 3.63) is 0 Å². The first-order valence-corrected chi connectivity index (χ1v) is 9.70. The quantitative estimate of drug-likeness (QED) is 0.426. The van der Waals surface area contributed by atoms with E-state index in [-0.39, 0.29) is 0 Å². The molecule has 0 bridgehead atoms. The zero-order chi connectivity index (χ0) is 12.0. The van der Waals surface area contributed by atoms with Gasteiger partial charge in [0.15, 0.2) is 0 Å². The minimum Gasteiger partial charge on any atom is -0.303 e. The molecule has 1 fully saturated rings. The molecule has 16 heavy (non-hydrogen) atoms. The Labute approximate surface area is 100 Å². The van der Waals surface area contributed by atoms with Crippen LogP contribution in [0.15, 0.2) is 0 Å². The molecule has 90 valence electrons. The summed E-state index contributed by atoms with van der Waals surface area (Å²) >= 11 is 0. The number of carbonyl (C=O) groups excluding carboxylic acids is 1. The molecule has 1 aliphatic rings. The molecule has 0 spiro atoms. The molecule has 1 aliphatic heterocycles. The predicted molar refractivity (Wildman–Crippen MR) is 71.0 cm³/mol. The maximum Gasteiger partial charge on any atom is 0.129 e. The van der Waals surface area contributed by atoms with Crippen LogP contribution in [0.5, 0.6) is 0 Å². The van der Waals surface area contributed by atoms with E-state index in [4.69, 9.17) is 0 Å². The van der Waals surface area contributed by atoms with Crippen LogP contribution in [-0.2, 0) is 4.79 Å². The lowest BCUT2D eigenvalue weighted by Gasteiger charge is -2.33. The smallest absolute Gasteiger partial charge is 0.129 e. The van der Waals surface area contributed by atoms with Crippen LogP contribution in [0.25, 0.3) is 0 Å². The number of hydrogen-bond acceptors (Lipinski definition) is 2. The Balaban J connectivity index is 2.48. The van der Waals surface area contributed by atoms with E-state index < -0.39 is 8.07 Å². The maximum atomic E-state index is 10.6. The number of carbonyl (C=O) groups is 1. The average molecular weight is 237 g/mol. The number of rotatable bonds is 3. The van der Waals surface area contributed by atoms with Gasteiger partial charge in [0.25, 0.3) is 0 Å². The number of likely N-dealkylation sites (tertiary alicyclic amines) is 1. The van der Waals surface area contributed by atoms with Crippen LogP contribution in [0, 0.1) is 11.5 Å². The first-order valence-electron chi connectivity index (χ1n) is 6.20. The molecule has 1 rings (SSSR count). The van der Waals surface area contributed by atoms with Crippen LogP contribution in [0.2, 0.25) is 19.6 Å². The van der Waals surface area contributed by atoms with Crippen LogP contribution in [0.1, 0.15) is 25.7 Å². The van der Waals surface area contributed by atoms with Gasteiger partial charge in [0.1, 0.15) is 14.4 Å². The fourth-order valence-corrected chi connectivity index (χ4v) is 2.66. The summed E-state index contributed by atoms with van der Waals surface area (Å²) in [4.78, 5) is 13.0. The van der Waals surface area contributed by atoms with Crippen molar-refractivity contribution < 1.29 is 4.79 Å². The van der Waals surface area contributed by atoms with Gasteiger partial charge in [-0.25, -0.2) is 0 Å². The van der Waals surface area contributed by atoms with E-state index in [9.17, 15) is 4.79 Å². The summed E-state index contributed by atoms with van der Waals surface area (Å²) in [7, 11) is -1.24. The van der Waals surface area contributed by atoms with Crippen molar-refractivity contribution in [3.8, 4) is 11.5 Å². The summed E-state index contributed by atoms with van der Waals surface area (Å²) in [5.74, 6) is 3.31. The summed E-state index contributed by atoms with van der Waals surface area (Å²) in [5, 5.41) is 0. The number of hydrogen-bond donors (Lipinski definition) is 0. The van der Waals surface area contributed by atoms with E-state index in [1.165, 1.54) is 12.8 Å². The van der Waals surface area contributed by atoms with Gasteiger partial charge in [-0.3, -0.25) is 4.90 Å². The molecule has 1 heterocycles. The molecule has 0 saturated carbocycles. The molecule has 0 aromatic carbocycles. The highest BCUT2D eigenvalue weighted by Crippen LogP contribution is 2.18. The summed E-state index contributed by atoms with van der Waals surface area (Å²) in [6.45, 7) is 8.75. The summed E-state index contributed by atoms with van der Waals surface area (Å²) in [6.07, 6.45) is 5.40. The minimum absolute atomic E-state index is 0.446. The standard InChI is InChI=1S/C13H23NOSi/c1-16(2,3)12-6-10-14-9-5-4-7-13(14)8-11-15/h11,13H,4-5,7-10H2,1-3H3. The first-order chi connectivity index (χ1) is 7.53. The van der Waals surface area contributed by atoms with Gasteiger partial charge in [0, 0.05) is 12.5 Å². The molecular formula is C13H23NOSi. The Hall–Kier alpha value is -0.593. The van der Waals surface area contributed by atoms with Crippen LogP contribution in [0.3, 0.4) is 0 Å². The SMILES string of the molecule is C[Si](C)(C)C#CCN1CCCCC1CC=O. The molecule has 0 N–H and O–H groups in total. The Morgan fingerprint density at radius 3 is 2.75 bits per heavy atom. The lowest BCUT2D eigenvalue weighted by molar-refractivity contribution is -0.109. The van der Waals surface area contributed by atoms with Crippen LogP contribution in [0.4, 0.5) is 0 Å². The highest BCUT2D eigenvalue weighted by atomic mass is 28.3. The molecule has 0 amide bonds. The van der Waals surface area contributed by atoms with Crippen molar-refractivity contribution in [2.45, 2.75) is 51.4 Å². The van der Waals surface area contributed by atoms with Crippen LogP contribution < -0.4 is 0 Å².